The van der Waals surface area contributed by atoms with Crippen LogP contribution in [0.4, 0.5) is 10.7 Å². The third kappa shape index (κ3) is 6.86. The van der Waals surface area contributed by atoms with Crippen LogP contribution in [-0.4, -0.2) is 62.8 Å². The molecule has 5 rings (SSSR count). The lowest BCUT2D eigenvalue weighted by atomic mass is 10.0. The van der Waals surface area contributed by atoms with E-state index in [1.165, 1.54) is 0 Å². The minimum Gasteiger partial charge on any atom is -0.461 e. The fraction of sp³-hybridized carbons (Fsp3) is 0.483. The van der Waals surface area contributed by atoms with Crippen molar-refractivity contribution in [2.75, 3.05) is 18.5 Å². The van der Waals surface area contributed by atoms with Crippen LogP contribution < -0.4 is 5.32 Å². The van der Waals surface area contributed by atoms with E-state index in [0.717, 1.165) is 24.8 Å². The van der Waals surface area contributed by atoms with Crippen LogP contribution in [0.15, 0.2) is 48.8 Å². The van der Waals surface area contributed by atoms with Crippen molar-refractivity contribution in [3.63, 3.8) is 0 Å². The molecule has 4 atom stereocenters. The molecule has 1 saturated carbocycles. The maximum absolute atomic E-state index is 12.7. The Kier molecular flexibility index (Phi) is 8.58. The van der Waals surface area contributed by atoms with Crippen molar-refractivity contribution in [2.24, 2.45) is 5.92 Å². The summed E-state index contributed by atoms with van der Waals surface area (Å²) < 4.78 is 25.1. The predicted octanol–water partition coefficient (Wildman–Crippen LogP) is 5.71. The summed E-state index contributed by atoms with van der Waals surface area (Å²) in [5.41, 5.74) is 1.36. The van der Waals surface area contributed by atoms with Crippen molar-refractivity contribution in [1.82, 2.24) is 19.5 Å². The average molecular weight is 584 g/mol. The number of benzene rings is 1. The van der Waals surface area contributed by atoms with Gasteiger partial charge in [-0.2, -0.15) is 9.97 Å². The Balaban J connectivity index is 1.39. The number of halogens is 1. The van der Waals surface area contributed by atoms with Crippen LogP contribution in [0.2, 0.25) is 5.15 Å². The zero-order chi connectivity index (χ0) is 29.1. The molecule has 1 aromatic carbocycles. The van der Waals surface area contributed by atoms with Gasteiger partial charge in [-0.15, -0.1) is 0 Å². The SMILES string of the molecule is C=C1[C@H](COC(=O)c2ccccc2)[C@@H](OC2CCCCO2)C[C@@H]1n1cnc2c(Cl)nc(NC(=O)OC(C)(C)C)nc21. The zero-order valence-electron chi connectivity index (χ0n) is 23.3. The number of ether oxygens (including phenoxy) is 4. The largest absolute Gasteiger partial charge is 0.461 e. The molecule has 1 unspecified atom stereocenters. The van der Waals surface area contributed by atoms with E-state index in [4.69, 9.17) is 30.5 Å². The van der Waals surface area contributed by atoms with E-state index in [1.54, 1.807) is 51.4 Å². The summed E-state index contributed by atoms with van der Waals surface area (Å²) in [7, 11) is 0. The van der Waals surface area contributed by atoms with Crippen LogP contribution in [0.25, 0.3) is 11.2 Å². The minimum atomic E-state index is -0.703. The van der Waals surface area contributed by atoms with Gasteiger partial charge < -0.3 is 23.5 Å². The molecule has 1 saturated heterocycles. The molecule has 218 valence electrons. The quantitative estimate of drug-likeness (QED) is 0.211. The maximum atomic E-state index is 12.7. The number of fused-ring (bicyclic) bond motifs is 1. The molecule has 1 N–H and O–H groups in total. The number of hydrogen-bond donors (Lipinski definition) is 1. The van der Waals surface area contributed by atoms with Crippen molar-refractivity contribution in [1.29, 1.82) is 0 Å². The highest BCUT2D eigenvalue weighted by Gasteiger charge is 2.42. The van der Waals surface area contributed by atoms with Crippen LogP contribution >= 0.6 is 11.6 Å². The number of carbonyl (C=O) groups excluding carboxylic acids is 2. The first-order valence-corrected chi connectivity index (χ1v) is 14.0. The second-order valence-corrected chi connectivity index (χ2v) is 11.5. The van der Waals surface area contributed by atoms with Crippen molar-refractivity contribution in [3.8, 4) is 0 Å². The molecular weight excluding hydrogens is 550 g/mol. The maximum Gasteiger partial charge on any atom is 0.414 e. The van der Waals surface area contributed by atoms with Crippen molar-refractivity contribution in [2.45, 2.75) is 70.5 Å². The molecule has 11 nitrogen and oxygen atoms in total. The van der Waals surface area contributed by atoms with E-state index in [9.17, 15) is 9.59 Å². The van der Waals surface area contributed by atoms with Crippen LogP contribution in [0.3, 0.4) is 0 Å². The van der Waals surface area contributed by atoms with Crippen molar-refractivity contribution in [3.05, 3.63) is 59.5 Å². The van der Waals surface area contributed by atoms with Gasteiger partial charge in [-0.1, -0.05) is 36.4 Å². The highest BCUT2D eigenvalue weighted by Crippen LogP contribution is 2.43. The van der Waals surface area contributed by atoms with Crippen LogP contribution in [0.5, 0.6) is 0 Å². The lowest BCUT2D eigenvalue weighted by Crippen LogP contribution is -2.32. The third-order valence-electron chi connectivity index (χ3n) is 7.00. The summed E-state index contributed by atoms with van der Waals surface area (Å²) in [5.74, 6) is -0.730. The summed E-state index contributed by atoms with van der Waals surface area (Å²) >= 11 is 6.42. The van der Waals surface area contributed by atoms with Crippen molar-refractivity contribution < 1.29 is 28.5 Å². The number of hydrogen-bond acceptors (Lipinski definition) is 9. The summed E-state index contributed by atoms with van der Waals surface area (Å²) in [5, 5.41) is 2.62. The Morgan fingerprint density at radius 3 is 2.68 bits per heavy atom. The monoisotopic (exact) mass is 583 g/mol. The second kappa shape index (κ2) is 12.1. The number of anilines is 1. The van der Waals surface area contributed by atoms with Gasteiger partial charge in [0.2, 0.25) is 5.95 Å². The molecule has 1 aliphatic heterocycles. The molecule has 0 bridgehead atoms. The van der Waals surface area contributed by atoms with Gasteiger partial charge >= 0.3 is 12.1 Å². The van der Waals surface area contributed by atoms with Crippen LogP contribution in [-0.2, 0) is 18.9 Å². The minimum absolute atomic E-state index is 0.0149. The lowest BCUT2D eigenvalue weighted by Gasteiger charge is -2.28. The molecule has 1 aliphatic carbocycles. The summed E-state index contributed by atoms with van der Waals surface area (Å²) in [6, 6.07) is 8.54. The van der Waals surface area contributed by atoms with E-state index in [2.05, 4.69) is 26.8 Å². The van der Waals surface area contributed by atoms with Crippen molar-refractivity contribution >= 4 is 40.8 Å². The van der Waals surface area contributed by atoms with E-state index >= 15 is 0 Å². The lowest BCUT2D eigenvalue weighted by molar-refractivity contribution is -0.195. The highest BCUT2D eigenvalue weighted by atomic mass is 35.5. The summed E-state index contributed by atoms with van der Waals surface area (Å²) in [6.45, 7) is 10.4. The van der Waals surface area contributed by atoms with Gasteiger partial charge in [0.15, 0.2) is 17.1 Å². The summed E-state index contributed by atoms with van der Waals surface area (Å²) in [6.07, 6.45) is 3.58. The Bertz CT molecular complexity index is 1420. The molecular formula is C29H34ClN5O6. The summed E-state index contributed by atoms with van der Waals surface area (Å²) in [4.78, 5) is 38.2. The van der Waals surface area contributed by atoms with E-state index < -0.39 is 17.7 Å². The molecule has 41 heavy (non-hydrogen) atoms. The first-order valence-electron chi connectivity index (χ1n) is 13.7. The number of rotatable bonds is 7. The molecule has 0 radical (unpaired) electrons. The molecule has 12 heteroatoms. The Morgan fingerprint density at radius 1 is 1.20 bits per heavy atom. The topological polar surface area (TPSA) is 127 Å². The van der Waals surface area contributed by atoms with E-state index in [1.807, 2.05) is 10.6 Å². The Labute approximate surface area is 243 Å². The number of esters is 1. The Hall–Kier alpha value is -3.54. The molecule has 3 aromatic rings. The predicted molar refractivity (Wildman–Crippen MR) is 152 cm³/mol. The van der Waals surface area contributed by atoms with E-state index in [0.29, 0.717) is 29.8 Å². The number of nitrogens with zero attached hydrogens (tertiary/aromatic N) is 4. The van der Waals surface area contributed by atoms with Gasteiger partial charge in [0.25, 0.3) is 0 Å². The molecule has 2 aliphatic rings. The van der Waals surface area contributed by atoms with Gasteiger partial charge in [-0.05, 0) is 64.2 Å². The molecule has 0 spiro atoms. The first kappa shape index (κ1) is 29.0. The number of imidazole rings is 1. The molecule has 3 heterocycles. The number of aromatic nitrogens is 4. The van der Waals surface area contributed by atoms with Crippen LogP contribution in [0.1, 0.15) is 62.9 Å². The van der Waals surface area contributed by atoms with Gasteiger partial charge in [0.1, 0.15) is 17.7 Å². The number of amides is 1. The fourth-order valence-corrected chi connectivity index (χ4v) is 5.29. The average Bonchev–Trinajstić information content (AvgIpc) is 3.48. The standard InChI is InChI=1S/C29H34ClN5O6/c1-17-19(15-39-26(36)18-10-6-5-7-11-18)21(40-22-12-8-9-13-38-22)14-20(17)35-16-31-23-24(30)32-27(33-25(23)35)34-28(37)41-29(2,3)4/h5-7,10-11,16,19-22H,1,8-9,12-15H2,2-4H3,(H,32,33,34,37)/t19-,20-,21-,22?/m0/s1. The van der Waals surface area contributed by atoms with Crippen LogP contribution in [0, 0.1) is 5.92 Å². The second-order valence-electron chi connectivity index (χ2n) is 11.2. The highest BCUT2D eigenvalue weighted by molar-refractivity contribution is 6.33. The molecule has 1 amide bonds. The van der Waals surface area contributed by atoms with Gasteiger partial charge in [0.05, 0.1) is 24.0 Å². The number of nitrogens with one attached hydrogen (secondary N) is 1. The van der Waals surface area contributed by atoms with Gasteiger partial charge in [0, 0.05) is 12.5 Å². The normalized spacial score (nSPS) is 23.0. The zero-order valence-corrected chi connectivity index (χ0v) is 24.1. The Morgan fingerprint density at radius 2 is 1.98 bits per heavy atom. The third-order valence-corrected chi connectivity index (χ3v) is 7.27. The van der Waals surface area contributed by atoms with Gasteiger partial charge in [-0.3, -0.25) is 5.32 Å². The molecule has 2 fully saturated rings. The number of carbonyl (C=O) groups is 2. The first-order chi connectivity index (χ1) is 19.6. The molecule has 2 aromatic heterocycles. The fourth-order valence-electron chi connectivity index (χ4n) is 5.08. The van der Waals surface area contributed by atoms with E-state index in [-0.39, 0.29) is 42.1 Å². The van der Waals surface area contributed by atoms with Gasteiger partial charge in [-0.25, -0.2) is 14.6 Å². The smallest absolute Gasteiger partial charge is 0.414 e.